The van der Waals surface area contributed by atoms with Crippen LogP contribution in [0.4, 0.5) is 0 Å². The van der Waals surface area contributed by atoms with Crippen molar-refractivity contribution in [2.45, 2.75) is 12.5 Å². The lowest BCUT2D eigenvalue weighted by molar-refractivity contribution is -0.145. The number of benzene rings is 1. The van der Waals surface area contributed by atoms with Crippen molar-refractivity contribution in [2.24, 2.45) is 0 Å². The molecule has 2 rings (SSSR count). The summed E-state index contributed by atoms with van der Waals surface area (Å²) in [5.74, 6) is -0.771. The van der Waals surface area contributed by atoms with E-state index in [0.717, 1.165) is 29.5 Å². The Morgan fingerprint density at radius 2 is 2.20 bits per heavy atom. The molecule has 1 aromatic carbocycles. The molecule has 80 valence electrons. The Morgan fingerprint density at radius 3 is 2.67 bits per heavy atom. The van der Waals surface area contributed by atoms with Crippen molar-refractivity contribution in [3.05, 3.63) is 34.3 Å². The van der Waals surface area contributed by atoms with Crippen molar-refractivity contribution >= 4 is 21.9 Å². The van der Waals surface area contributed by atoms with Gasteiger partial charge in [-0.15, -0.1) is 0 Å². The molecule has 1 atom stereocenters. The third-order valence-corrected chi connectivity index (χ3v) is 3.15. The highest BCUT2D eigenvalue weighted by Gasteiger charge is 2.30. The topological polar surface area (TPSA) is 40.5 Å². The lowest BCUT2D eigenvalue weighted by atomic mass is 10.0. The zero-order valence-corrected chi connectivity index (χ0v) is 9.77. The molecular weight excluding hydrogens is 258 g/mol. The maximum Gasteiger partial charge on any atom is 0.325 e. The van der Waals surface area contributed by atoms with E-state index < -0.39 is 12.0 Å². The number of hydrogen-bond acceptors (Lipinski definition) is 2. The van der Waals surface area contributed by atoms with Gasteiger partial charge in [-0.25, -0.2) is 0 Å². The van der Waals surface area contributed by atoms with E-state index in [1.807, 2.05) is 29.2 Å². The van der Waals surface area contributed by atoms with Crippen molar-refractivity contribution in [3.63, 3.8) is 0 Å². The van der Waals surface area contributed by atoms with Crippen LogP contribution in [0.2, 0.25) is 0 Å². The van der Waals surface area contributed by atoms with Crippen LogP contribution < -0.4 is 0 Å². The summed E-state index contributed by atoms with van der Waals surface area (Å²) in [6.07, 6.45) is 1.10. The summed E-state index contributed by atoms with van der Waals surface area (Å²) in [5.41, 5.74) is 0.844. The summed E-state index contributed by atoms with van der Waals surface area (Å²) < 4.78 is 0.923. The Morgan fingerprint density at radius 1 is 1.47 bits per heavy atom. The number of carbonyl (C=O) groups is 1. The third kappa shape index (κ3) is 2.21. The van der Waals surface area contributed by atoms with Crippen LogP contribution in [-0.4, -0.2) is 29.1 Å². The van der Waals surface area contributed by atoms with Crippen molar-refractivity contribution in [2.75, 3.05) is 13.1 Å². The van der Waals surface area contributed by atoms with Gasteiger partial charge in [0, 0.05) is 17.6 Å². The molecule has 0 saturated carbocycles. The van der Waals surface area contributed by atoms with E-state index >= 15 is 0 Å². The number of carboxylic acids is 1. The Balaban J connectivity index is 2.27. The fourth-order valence-corrected chi connectivity index (χ4v) is 2.20. The molecule has 0 bridgehead atoms. The van der Waals surface area contributed by atoms with Crippen LogP contribution >= 0.6 is 15.9 Å². The van der Waals surface area contributed by atoms with Crippen molar-refractivity contribution in [1.82, 2.24) is 4.90 Å². The molecule has 3 nitrogen and oxygen atoms in total. The molecule has 1 aliphatic rings. The van der Waals surface area contributed by atoms with Gasteiger partial charge in [0.1, 0.15) is 6.04 Å². The first-order valence-corrected chi connectivity index (χ1v) is 5.70. The molecule has 4 heteroatoms. The van der Waals surface area contributed by atoms with Gasteiger partial charge in [0.05, 0.1) is 0 Å². The molecule has 0 radical (unpaired) electrons. The van der Waals surface area contributed by atoms with Gasteiger partial charge < -0.3 is 5.11 Å². The zero-order chi connectivity index (χ0) is 10.8. The maximum absolute atomic E-state index is 11.2. The second-order valence-electron chi connectivity index (χ2n) is 3.69. The number of hydrogen-bond donors (Lipinski definition) is 1. The van der Waals surface area contributed by atoms with Gasteiger partial charge in [-0.1, -0.05) is 28.1 Å². The minimum atomic E-state index is -0.771. The molecular formula is C11H12BrNO2. The molecule has 1 aromatic rings. The molecule has 0 spiro atoms. The fraction of sp³-hybridized carbons (Fsp3) is 0.364. The average Bonchev–Trinajstić information content (AvgIpc) is 2.10. The molecule has 1 fully saturated rings. The van der Waals surface area contributed by atoms with E-state index in [1.165, 1.54) is 0 Å². The van der Waals surface area contributed by atoms with Gasteiger partial charge in [-0.2, -0.15) is 0 Å². The molecule has 0 aliphatic carbocycles. The zero-order valence-electron chi connectivity index (χ0n) is 8.19. The van der Waals surface area contributed by atoms with Crippen LogP contribution in [0.5, 0.6) is 0 Å². The molecule has 0 aromatic heterocycles. The van der Waals surface area contributed by atoms with Gasteiger partial charge in [0.15, 0.2) is 0 Å². The van der Waals surface area contributed by atoms with Crippen molar-refractivity contribution < 1.29 is 9.90 Å². The van der Waals surface area contributed by atoms with Crippen LogP contribution in [0.1, 0.15) is 18.0 Å². The largest absolute Gasteiger partial charge is 0.480 e. The van der Waals surface area contributed by atoms with Crippen molar-refractivity contribution in [1.29, 1.82) is 0 Å². The van der Waals surface area contributed by atoms with Gasteiger partial charge >= 0.3 is 5.97 Å². The number of likely N-dealkylation sites (tertiary alicyclic amines) is 1. The Bertz CT molecular complexity index is 377. The van der Waals surface area contributed by atoms with Crippen LogP contribution in [0.15, 0.2) is 28.7 Å². The van der Waals surface area contributed by atoms with E-state index in [2.05, 4.69) is 15.9 Å². The first kappa shape index (κ1) is 10.6. The van der Waals surface area contributed by atoms with Crippen LogP contribution in [-0.2, 0) is 4.79 Å². The minimum Gasteiger partial charge on any atom is -0.480 e. The fourth-order valence-electron chi connectivity index (χ4n) is 1.79. The standard InChI is InChI=1S/C11H12BrNO2/c12-9-4-1-3-8(7-9)10(11(14)15)13-5-2-6-13/h1,3-4,7,10H,2,5-6H2,(H,14,15)/t10-/m1/s1. The highest BCUT2D eigenvalue weighted by molar-refractivity contribution is 9.10. The van der Waals surface area contributed by atoms with Gasteiger partial charge in [-0.3, -0.25) is 9.69 Å². The molecule has 0 amide bonds. The highest BCUT2D eigenvalue weighted by atomic mass is 79.9. The molecule has 1 saturated heterocycles. The first-order chi connectivity index (χ1) is 7.18. The minimum absolute atomic E-state index is 0.490. The second kappa shape index (κ2) is 4.33. The predicted octanol–water partition coefficient (Wildman–Crippen LogP) is 2.28. The molecule has 1 aliphatic heterocycles. The van der Waals surface area contributed by atoms with Gasteiger partial charge in [0.25, 0.3) is 0 Å². The van der Waals surface area contributed by atoms with E-state index in [-0.39, 0.29) is 0 Å². The number of carboxylic acid groups (broad SMARTS) is 1. The highest BCUT2D eigenvalue weighted by Crippen LogP contribution is 2.27. The number of rotatable bonds is 3. The van der Waals surface area contributed by atoms with Gasteiger partial charge in [-0.05, 0) is 24.1 Å². The summed E-state index contributed by atoms with van der Waals surface area (Å²) in [6, 6.07) is 7.02. The Hall–Kier alpha value is -0.870. The molecule has 15 heavy (non-hydrogen) atoms. The Labute approximate surface area is 96.8 Å². The third-order valence-electron chi connectivity index (χ3n) is 2.65. The maximum atomic E-state index is 11.2. The Kier molecular flexibility index (Phi) is 3.07. The summed E-state index contributed by atoms with van der Waals surface area (Å²) in [5, 5.41) is 9.20. The van der Waals surface area contributed by atoms with Crippen LogP contribution in [0, 0.1) is 0 Å². The van der Waals surface area contributed by atoms with E-state index in [1.54, 1.807) is 0 Å². The van der Waals surface area contributed by atoms with Crippen LogP contribution in [0.25, 0.3) is 0 Å². The van der Waals surface area contributed by atoms with Crippen LogP contribution in [0.3, 0.4) is 0 Å². The predicted molar refractivity (Wildman–Crippen MR) is 60.7 cm³/mol. The SMILES string of the molecule is O=C(O)[C@@H](c1cccc(Br)c1)N1CCC1. The number of nitrogens with zero attached hydrogens (tertiary/aromatic N) is 1. The number of aliphatic carboxylic acids is 1. The number of halogens is 1. The van der Waals surface area contributed by atoms with E-state index in [9.17, 15) is 9.90 Å². The lowest BCUT2D eigenvalue weighted by Gasteiger charge is -2.36. The van der Waals surface area contributed by atoms with E-state index in [0.29, 0.717) is 0 Å². The van der Waals surface area contributed by atoms with Crippen molar-refractivity contribution in [3.8, 4) is 0 Å². The lowest BCUT2D eigenvalue weighted by Crippen LogP contribution is -2.43. The molecule has 0 unspecified atom stereocenters. The quantitative estimate of drug-likeness (QED) is 0.916. The van der Waals surface area contributed by atoms with Gasteiger partial charge in [0.2, 0.25) is 0 Å². The summed E-state index contributed by atoms with van der Waals surface area (Å²) in [6.45, 7) is 1.76. The molecule has 1 N–H and O–H groups in total. The normalized spacial score (nSPS) is 18.2. The second-order valence-corrected chi connectivity index (χ2v) is 4.60. The monoisotopic (exact) mass is 269 g/mol. The smallest absolute Gasteiger partial charge is 0.325 e. The summed E-state index contributed by atoms with van der Waals surface area (Å²) >= 11 is 3.36. The summed E-state index contributed by atoms with van der Waals surface area (Å²) in [7, 11) is 0. The average molecular weight is 270 g/mol. The summed E-state index contributed by atoms with van der Waals surface area (Å²) in [4.78, 5) is 13.2. The molecule has 1 heterocycles. The van der Waals surface area contributed by atoms with E-state index in [4.69, 9.17) is 0 Å². The first-order valence-electron chi connectivity index (χ1n) is 4.91.